The van der Waals surface area contributed by atoms with Crippen LogP contribution in [0.1, 0.15) is 31.2 Å². The van der Waals surface area contributed by atoms with Crippen LogP contribution < -0.4 is 10.1 Å². The van der Waals surface area contributed by atoms with Gasteiger partial charge in [0.1, 0.15) is 11.5 Å². The number of carbonyl (C=O) groups excluding carboxylic acids is 1. The summed E-state index contributed by atoms with van der Waals surface area (Å²) in [6, 6.07) is 7.60. The van der Waals surface area contributed by atoms with Gasteiger partial charge in [0.05, 0.1) is 26.0 Å². The van der Waals surface area contributed by atoms with Crippen molar-refractivity contribution in [2.45, 2.75) is 38.9 Å². The number of ether oxygens (including phenoxy) is 4. The van der Waals surface area contributed by atoms with Crippen molar-refractivity contribution in [1.29, 1.82) is 0 Å². The van der Waals surface area contributed by atoms with E-state index in [1.807, 2.05) is 31.2 Å². The van der Waals surface area contributed by atoms with E-state index < -0.39 is 5.79 Å². The molecule has 0 unspecified atom stereocenters. The zero-order valence-electron chi connectivity index (χ0n) is 19.0. The van der Waals surface area contributed by atoms with Crippen molar-refractivity contribution in [2.75, 3.05) is 40.1 Å². The van der Waals surface area contributed by atoms with Crippen molar-refractivity contribution in [1.82, 2.24) is 10.3 Å². The average Bonchev–Trinajstić information content (AvgIpc) is 3.19. The highest BCUT2D eigenvalue weighted by molar-refractivity contribution is 5.83. The van der Waals surface area contributed by atoms with E-state index in [2.05, 4.69) is 10.3 Å². The molecule has 1 aromatic heterocycles. The fourth-order valence-corrected chi connectivity index (χ4v) is 3.99. The van der Waals surface area contributed by atoms with E-state index in [9.17, 15) is 4.79 Å². The number of oxazole rings is 1. The average molecular weight is 445 g/mol. The Morgan fingerprint density at radius 3 is 2.50 bits per heavy atom. The number of amides is 1. The molecule has 8 nitrogen and oxygen atoms in total. The molecule has 2 aromatic rings. The smallest absolute Gasteiger partial charge is 0.280 e. The molecule has 0 aliphatic carbocycles. The van der Waals surface area contributed by atoms with Crippen molar-refractivity contribution in [3.8, 4) is 17.2 Å². The van der Waals surface area contributed by atoms with Gasteiger partial charge in [-0.3, -0.25) is 4.79 Å². The minimum atomic E-state index is -1.26. The highest BCUT2D eigenvalue weighted by atomic mass is 16.7. The molecule has 0 spiro atoms. The molecule has 2 saturated heterocycles. The van der Waals surface area contributed by atoms with Crippen LogP contribution in [0.15, 0.2) is 28.7 Å². The van der Waals surface area contributed by atoms with Crippen molar-refractivity contribution >= 4 is 5.91 Å². The minimum Gasteiger partial charge on any atom is -0.497 e. The van der Waals surface area contributed by atoms with E-state index in [1.165, 1.54) is 0 Å². The Balaban J connectivity index is 1.29. The van der Waals surface area contributed by atoms with Gasteiger partial charge in [0, 0.05) is 37.7 Å². The monoisotopic (exact) mass is 444 g/mol. The molecule has 2 fully saturated rings. The van der Waals surface area contributed by atoms with Gasteiger partial charge >= 0.3 is 0 Å². The van der Waals surface area contributed by atoms with Crippen molar-refractivity contribution in [3.63, 3.8) is 0 Å². The van der Waals surface area contributed by atoms with E-state index in [0.29, 0.717) is 38.0 Å². The van der Waals surface area contributed by atoms with Gasteiger partial charge in [-0.2, -0.15) is 0 Å². The SMILES string of the molecule is COc1ccc(-c2nc(CC3COC(C)(C(=O)NCC4CCOCC4)OC3)c(C)o2)cc1. The molecule has 4 rings (SSSR count). The minimum absolute atomic E-state index is 0.0962. The van der Waals surface area contributed by atoms with E-state index in [1.54, 1.807) is 14.0 Å². The molecule has 8 heteroatoms. The largest absolute Gasteiger partial charge is 0.497 e. The lowest BCUT2D eigenvalue weighted by Gasteiger charge is -2.36. The van der Waals surface area contributed by atoms with Gasteiger partial charge in [0.25, 0.3) is 5.91 Å². The standard InChI is InChI=1S/C24H32N2O6/c1-16-21(26-22(32-16)19-4-6-20(28-3)7-5-19)12-18-14-30-24(2,31-15-18)23(27)25-13-17-8-10-29-11-9-17/h4-7,17-18H,8-15H2,1-3H3,(H,25,27). The summed E-state index contributed by atoms with van der Waals surface area (Å²) in [4.78, 5) is 17.3. The zero-order valence-corrected chi connectivity index (χ0v) is 19.0. The number of rotatable bonds is 7. The van der Waals surface area contributed by atoms with Gasteiger partial charge in [-0.25, -0.2) is 4.98 Å². The molecule has 2 aliphatic rings. The van der Waals surface area contributed by atoms with Gasteiger partial charge in [-0.15, -0.1) is 0 Å². The van der Waals surface area contributed by atoms with Crippen LogP contribution in [0.3, 0.4) is 0 Å². The van der Waals surface area contributed by atoms with Crippen molar-refractivity contribution in [3.05, 3.63) is 35.7 Å². The molecule has 1 amide bonds. The maximum atomic E-state index is 12.7. The zero-order chi connectivity index (χ0) is 22.6. The van der Waals surface area contributed by atoms with Gasteiger partial charge in [-0.1, -0.05) is 0 Å². The Labute approximate surface area is 188 Å². The lowest BCUT2D eigenvalue weighted by Crippen LogP contribution is -2.54. The summed E-state index contributed by atoms with van der Waals surface area (Å²) >= 11 is 0. The molecule has 32 heavy (non-hydrogen) atoms. The molecule has 0 radical (unpaired) electrons. The van der Waals surface area contributed by atoms with Crippen LogP contribution in [0.4, 0.5) is 0 Å². The van der Waals surface area contributed by atoms with Gasteiger partial charge in [0.15, 0.2) is 0 Å². The third kappa shape index (κ3) is 5.31. The Bertz CT molecular complexity index is 896. The fraction of sp³-hybridized carbons (Fsp3) is 0.583. The molecular formula is C24H32N2O6. The first-order valence-electron chi connectivity index (χ1n) is 11.2. The molecule has 1 aromatic carbocycles. The summed E-state index contributed by atoms with van der Waals surface area (Å²) < 4.78 is 28.2. The fourth-order valence-electron chi connectivity index (χ4n) is 3.99. The predicted octanol–water partition coefficient (Wildman–Crippen LogP) is 3.12. The second-order valence-corrected chi connectivity index (χ2v) is 8.65. The number of nitrogens with zero attached hydrogens (tertiary/aromatic N) is 1. The normalized spacial score (nSPS) is 24.3. The van der Waals surface area contributed by atoms with E-state index in [0.717, 1.165) is 48.8 Å². The van der Waals surface area contributed by atoms with Crippen LogP contribution in [0.25, 0.3) is 11.5 Å². The molecule has 0 bridgehead atoms. The summed E-state index contributed by atoms with van der Waals surface area (Å²) in [5.41, 5.74) is 1.77. The third-order valence-corrected chi connectivity index (χ3v) is 6.21. The maximum Gasteiger partial charge on any atom is 0.280 e. The molecule has 3 heterocycles. The summed E-state index contributed by atoms with van der Waals surface area (Å²) in [6.45, 7) is 6.58. The molecule has 0 atom stereocenters. The summed E-state index contributed by atoms with van der Waals surface area (Å²) in [5.74, 6) is 1.21. The van der Waals surface area contributed by atoms with Crippen molar-refractivity contribution < 1.29 is 28.2 Å². The topological polar surface area (TPSA) is 92.1 Å². The number of aromatic nitrogens is 1. The van der Waals surface area contributed by atoms with E-state index >= 15 is 0 Å². The Morgan fingerprint density at radius 2 is 1.84 bits per heavy atom. The first-order valence-corrected chi connectivity index (χ1v) is 11.2. The number of carbonyl (C=O) groups is 1. The molecular weight excluding hydrogens is 412 g/mol. The first kappa shape index (κ1) is 22.8. The van der Waals surface area contributed by atoms with Crippen molar-refractivity contribution in [2.24, 2.45) is 11.8 Å². The number of benzene rings is 1. The number of hydrogen-bond acceptors (Lipinski definition) is 7. The summed E-state index contributed by atoms with van der Waals surface area (Å²) in [6.07, 6.45) is 2.60. The molecule has 2 aliphatic heterocycles. The third-order valence-electron chi connectivity index (χ3n) is 6.21. The van der Waals surface area contributed by atoms with Crippen LogP contribution in [0.5, 0.6) is 5.75 Å². The highest BCUT2D eigenvalue weighted by Crippen LogP contribution is 2.28. The quantitative estimate of drug-likeness (QED) is 0.701. The van der Waals surface area contributed by atoms with E-state index in [-0.39, 0.29) is 11.8 Å². The van der Waals surface area contributed by atoms with Crippen LogP contribution >= 0.6 is 0 Å². The Hall–Kier alpha value is -2.42. The summed E-state index contributed by atoms with van der Waals surface area (Å²) in [7, 11) is 1.64. The molecule has 0 saturated carbocycles. The number of aryl methyl sites for hydroxylation is 1. The van der Waals surface area contributed by atoms with Crippen LogP contribution in [-0.2, 0) is 25.4 Å². The number of methoxy groups -OCH3 is 1. The second kappa shape index (κ2) is 10.0. The maximum absolute atomic E-state index is 12.7. The second-order valence-electron chi connectivity index (χ2n) is 8.65. The lowest BCUT2D eigenvalue weighted by molar-refractivity contribution is -0.260. The van der Waals surface area contributed by atoms with Gasteiger partial charge < -0.3 is 28.7 Å². The number of hydrogen-bond donors (Lipinski definition) is 1. The van der Waals surface area contributed by atoms with Crippen LogP contribution in [-0.4, -0.2) is 56.8 Å². The molecule has 174 valence electrons. The van der Waals surface area contributed by atoms with E-state index in [4.69, 9.17) is 23.4 Å². The number of nitrogens with one attached hydrogen (secondary N) is 1. The Kier molecular flexibility index (Phi) is 7.13. The van der Waals surface area contributed by atoms with Gasteiger partial charge in [0.2, 0.25) is 11.7 Å². The molecule has 1 N–H and O–H groups in total. The lowest BCUT2D eigenvalue weighted by atomic mass is 10.00. The first-order chi connectivity index (χ1) is 15.5. The predicted molar refractivity (Wildman–Crippen MR) is 117 cm³/mol. The Morgan fingerprint density at radius 1 is 1.16 bits per heavy atom. The summed E-state index contributed by atoms with van der Waals surface area (Å²) in [5, 5.41) is 2.99. The van der Waals surface area contributed by atoms with Gasteiger partial charge in [-0.05, 0) is 56.9 Å². The van der Waals surface area contributed by atoms with Crippen LogP contribution in [0, 0.1) is 18.8 Å². The van der Waals surface area contributed by atoms with Crippen LogP contribution in [0.2, 0.25) is 0 Å². The highest BCUT2D eigenvalue weighted by Gasteiger charge is 2.40.